The number of hydrogen-bond donors (Lipinski definition) is 4. The molecule has 1 fully saturated rings. The van der Waals surface area contributed by atoms with Crippen LogP contribution in [0.25, 0.3) is 0 Å². The molecule has 3 aromatic rings. The first kappa shape index (κ1) is 34.0. The molecule has 1 heterocycles. The second-order valence-corrected chi connectivity index (χ2v) is 13.0. The molecule has 4 rings (SSSR count). The first-order valence-electron chi connectivity index (χ1n) is 14.7. The molecule has 1 aliphatic rings. The number of rotatable bonds is 15. The summed E-state index contributed by atoms with van der Waals surface area (Å²) in [4.78, 5) is 13.3. The Morgan fingerprint density at radius 1 is 1.02 bits per heavy atom. The van der Waals surface area contributed by atoms with Gasteiger partial charge in [-0.15, -0.1) is 0 Å². The average Bonchev–Trinajstić information content (AvgIpc) is 3.00. The average molecular weight is 650 g/mol. The summed E-state index contributed by atoms with van der Waals surface area (Å²) in [6.07, 6.45) is 2.13. The van der Waals surface area contributed by atoms with Crippen molar-refractivity contribution in [1.82, 2.24) is 10.0 Å². The summed E-state index contributed by atoms with van der Waals surface area (Å²) in [5, 5.41) is 15.7. The Morgan fingerprint density at radius 2 is 1.73 bits per heavy atom. The molecule has 0 aromatic heterocycles. The fourth-order valence-corrected chi connectivity index (χ4v) is 6.89. The van der Waals surface area contributed by atoms with Gasteiger partial charge in [-0.1, -0.05) is 29.8 Å². The van der Waals surface area contributed by atoms with Crippen LogP contribution in [0.3, 0.4) is 0 Å². The van der Waals surface area contributed by atoms with E-state index in [2.05, 4.69) is 15.4 Å². The maximum Gasteiger partial charge on any atom is 0.240 e. The molecule has 3 aromatic carbocycles. The summed E-state index contributed by atoms with van der Waals surface area (Å²) in [5.74, 6) is -1.18. The van der Waals surface area contributed by atoms with Gasteiger partial charge in [0.15, 0.2) is 0 Å². The number of halogens is 3. The quantitative estimate of drug-likeness (QED) is 0.172. The van der Waals surface area contributed by atoms with Crippen molar-refractivity contribution < 1.29 is 31.8 Å². The van der Waals surface area contributed by atoms with Crippen molar-refractivity contribution in [3.8, 4) is 0 Å². The third kappa shape index (κ3) is 9.79. The molecule has 1 amide bonds. The molecule has 1 aliphatic heterocycles. The van der Waals surface area contributed by atoms with Crippen LogP contribution in [-0.2, 0) is 26.0 Å². The minimum atomic E-state index is -4.01. The standard InChI is InChI=1S/C32H38ClF2N3O5S/c33-24-6-4-22(5-7-24)29(23-14-18-43-19-15-23)20-32(40)37-31-3-1-2-30(35)28(31)13-10-26(21-36-16-17-39)38-44(41,42)27-11-8-25(34)9-12-27/h1-9,11-12,23,26,29,36,38-39H,10,13-21H2,(H,37,40)/t26-,29?/m0/s1. The molecule has 2 atom stereocenters. The highest BCUT2D eigenvalue weighted by molar-refractivity contribution is 7.89. The van der Waals surface area contributed by atoms with Crippen LogP contribution in [0.4, 0.5) is 14.5 Å². The number of hydrogen-bond acceptors (Lipinski definition) is 6. The number of sulfonamides is 1. The summed E-state index contributed by atoms with van der Waals surface area (Å²) in [5.41, 5.74) is 1.57. The zero-order chi connectivity index (χ0) is 31.5. The van der Waals surface area contributed by atoms with Gasteiger partial charge in [0, 0.05) is 55.0 Å². The van der Waals surface area contributed by atoms with Gasteiger partial charge in [-0.2, -0.15) is 0 Å². The molecule has 0 aliphatic carbocycles. The lowest BCUT2D eigenvalue weighted by molar-refractivity contribution is -0.117. The van der Waals surface area contributed by atoms with Crippen LogP contribution >= 0.6 is 11.6 Å². The van der Waals surface area contributed by atoms with Crippen molar-refractivity contribution in [2.75, 3.05) is 38.2 Å². The van der Waals surface area contributed by atoms with Gasteiger partial charge in [-0.3, -0.25) is 4.79 Å². The zero-order valence-corrected chi connectivity index (χ0v) is 25.8. The van der Waals surface area contributed by atoms with E-state index in [4.69, 9.17) is 16.3 Å². The molecular weight excluding hydrogens is 612 g/mol. The van der Waals surface area contributed by atoms with Crippen LogP contribution in [-0.4, -0.2) is 58.4 Å². The smallest absolute Gasteiger partial charge is 0.240 e. The largest absolute Gasteiger partial charge is 0.395 e. The molecular formula is C32H38ClF2N3O5S. The third-order valence-electron chi connectivity index (χ3n) is 7.80. The Morgan fingerprint density at radius 3 is 2.41 bits per heavy atom. The highest BCUT2D eigenvalue weighted by Crippen LogP contribution is 2.36. The lowest BCUT2D eigenvalue weighted by Gasteiger charge is -2.30. The van der Waals surface area contributed by atoms with Crippen LogP contribution in [0.15, 0.2) is 71.6 Å². The van der Waals surface area contributed by atoms with Gasteiger partial charge in [0.05, 0.1) is 11.5 Å². The minimum Gasteiger partial charge on any atom is -0.395 e. The molecule has 44 heavy (non-hydrogen) atoms. The Hall–Kier alpha value is -2.93. The van der Waals surface area contributed by atoms with Gasteiger partial charge in [-0.25, -0.2) is 21.9 Å². The van der Waals surface area contributed by atoms with Crippen LogP contribution < -0.4 is 15.4 Å². The zero-order valence-electron chi connectivity index (χ0n) is 24.3. The molecule has 238 valence electrons. The van der Waals surface area contributed by atoms with Gasteiger partial charge in [0.1, 0.15) is 11.6 Å². The molecule has 1 unspecified atom stereocenters. The number of ether oxygens (including phenoxy) is 1. The van der Waals surface area contributed by atoms with Gasteiger partial charge >= 0.3 is 0 Å². The van der Waals surface area contributed by atoms with Crippen molar-refractivity contribution in [3.05, 3.63) is 94.5 Å². The van der Waals surface area contributed by atoms with E-state index in [0.29, 0.717) is 23.9 Å². The topological polar surface area (TPSA) is 117 Å². The van der Waals surface area contributed by atoms with E-state index in [-0.39, 0.29) is 67.2 Å². The summed E-state index contributed by atoms with van der Waals surface area (Å²) in [6, 6.07) is 15.7. The molecule has 1 saturated heterocycles. The Labute approximate surface area is 262 Å². The number of carbonyl (C=O) groups excluding carboxylic acids is 1. The molecule has 4 N–H and O–H groups in total. The number of amides is 1. The van der Waals surface area contributed by atoms with Crippen LogP contribution in [0.5, 0.6) is 0 Å². The van der Waals surface area contributed by atoms with E-state index in [9.17, 15) is 22.7 Å². The molecule has 0 bridgehead atoms. The highest BCUT2D eigenvalue weighted by Gasteiger charge is 2.28. The van der Waals surface area contributed by atoms with Crippen LogP contribution in [0, 0.1) is 17.6 Å². The van der Waals surface area contributed by atoms with Crippen molar-refractivity contribution in [1.29, 1.82) is 0 Å². The number of nitrogens with one attached hydrogen (secondary N) is 3. The Bertz CT molecular complexity index is 1470. The van der Waals surface area contributed by atoms with E-state index in [0.717, 1.165) is 42.7 Å². The van der Waals surface area contributed by atoms with Gasteiger partial charge < -0.3 is 20.5 Å². The fourth-order valence-electron chi connectivity index (χ4n) is 5.49. The SMILES string of the molecule is O=C(CC(c1ccc(Cl)cc1)C1CCOCC1)Nc1cccc(F)c1CC[C@@H](CNCCO)NS(=O)(=O)c1ccc(F)cc1. The third-order valence-corrected chi connectivity index (χ3v) is 9.59. The molecule has 0 radical (unpaired) electrons. The van der Waals surface area contributed by atoms with Crippen LogP contribution in [0.1, 0.15) is 42.7 Å². The molecule has 0 spiro atoms. The number of anilines is 1. The number of benzene rings is 3. The maximum absolute atomic E-state index is 15.2. The molecule has 12 heteroatoms. The summed E-state index contributed by atoms with van der Waals surface area (Å²) >= 11 is 6.11. The molecule has 8 nitrogen and oxygen atoms in total. The van der Waals surface area contributed by atoms with Crippen LogP contribution in [0.2, 0.25) is 5.02 Å². The Kier molecular flexibility index (Phi) is 12.7. The predicted molar refractivity (Wildman–Crippen MR) is 166 cm³/mol. The van der Waals surface area contributed by atoms with E-state index in [1.807, 2.05) is 24.3 Å². The van der Waals surface area contributed by atoms with Crippen molar-refractivity contribution in [2.24, 2.45) is 5.92 Å². The summed E-state index contributed by atoms with van der Waals surface area (Å²) in [7, 11) is -4.01. The second kappa shape index (κ2) is 16.4. The van der Waals surface area contributed by atoms with E-state index >= 15 is 4.39 Å². The monoisotopic (exact) mass is 649 g/mol. The van der Waals surface area contributed by atoms with Crippen molar-refractivity contribution >= 4 is 33.2 Å². The minimum absolute atomic E-state index is 0.0731. The number of aliphatic hydroxyl groups excluding tert-OH is 1. The lowest BCUT2D eigenvalue weighted by atomic mass is 9.79. The van der Waals surface area contributed by atoms with Gasteiger partial charge in [0.2, 0.25) is 15.9 Å². The van der Waals surface area contributed by atoms with E-state index < -0.39 is 27.7 Å². The number of aliphatic hydroxyl groups is 1. The summed E-state index contributed by atoms with van der Waals surface area (Å²) < 4.78 is 62.6. The van der Waals surface area contributed by atoms with Crippen molar-refractivity contribution in [2.45, 2.75) is 49.0 Å². The van der Waals surface area contributed by atoms with E-state index in [1.165, 1.54) is 12.1 Å². The second-order valence-electron chi connectivity index (χ2n) is 10.9. The fraction of sp³-hybridized carbons (Fsp3) is 0.406. The highest BCUT2D eigenvalue weighted by atomic mass is 35.5. The first-order valence-corrected chi connectivity index (χ1v) is 16.5. The Balaban J connectivity index is 1.48. The van der Waals surface area contributed by atoms with Crippen molar-refractivity contribution in [3.63, 3.8) is 0 Å². The normalized spacial score (nSPS) is 15.5. The lowest BCUT2D eigenvalue weighted by Crippen LogP contribution is -2.43. The summed E-state index contributed by atoms with van der Waals surface area (Å²) in [6.45, 7) is 1.50. The molecule has 0 saturated carbocycles. The van der Waals surface area contributed by atoms with E-state index in [1.54, 1.807) is 6.07 Å². The van der Waals surface area contributed by atoms with Gasteiger partial charge in [0.25, 0.3) is 0 Å². The van der Waals surface area contributed by atoms with Gasteiger partial charge in [-0.05, 0) is 91.6 Å². The number of carbonyl (C=O) groups is 1. The first-order chi connectivity index (χ1) is 21.2. The predicted octanol–water partition coefficient (Wildman–Crippen LogP) is 5.02. The maximum atomic E-state index is 15.2.